The number of anilines is 1. The fourth-order valence-corrected chi connectivity index (χ4v) is 2.24. The molecule has 2 nitrogen and oxygen atoms in total. The molecule has 0 fully saturated rings. The van der Waals surface area contributed by atoms with Crippen molar-refractivity contribution in [1.29, 1.82) is 0 Å². The zero-order valence-electron chi connectivity index (χ0n) is 6.23. The number of benzene rings is 1. The van der Waals surface area contributed by atoms with Gasteiger partial charge >= 0.3 is 0 Å². The van der Waals surface area contributed by atoms with E-state index in [0.717, 1.165) is 10.6 Å². The average Bonchev–Trinajstić information content (AvgIpc) is 2.08. The third kappa shape index (κ3) is 1.86. The van der Waals surface area contributed by atoms with Crippen LogP contribution in [0.15, 0.2) is 17.0 Å². The Morgan fingerprint density at radius 1 is 1.23 bits per heavy atom. The van der Waals surface area contributed by atoms with E-state index in [4.69, 9.17) is 35.4 Å². The molecule has 0 radical (unpaired) electrons. The minimum Gasteiger partial charge on any atom is -0.331 e. The Kier molecular flexibility index (Phi) is 2.55. The molecule has 0 aliphatic carbocycles. The molecule has 13 heavy (non-hydrogen) atoms. The monoisotopic (exact) mass is 250 g/mol. The van der Waals surface area contributed by atoms with Gasteiger partial charge in [-0.1, -0.05) is 23.2 Å². The van der Waals surface area contributed by atoms with Crippen LogP contribution in [0.25, 0.3) is 0 Å². The van der Waals surface area contributed by atoms with Gasteiger partial charge in [0, 0.05) is 0 Å². The van der Waals surface area contributed by atoms with Crippen LogP contribution in [0.3, 0.4) is 0 Å². The van der Waals surface area contributed by atoms with Crippen LogP contribution >= 0.6 is 47.4 Å². The summed E-state index contributed by atoms with van der Waals surface area (Å²) in [5.41, 5.74) is 0.892. The van der Waals surface area contributed by atoms with Gasteiger partial charge in [0.05, 0.1) is 20.6 Å². The van der Waals surface area contributed by atoms with Crippen LogP contribution in [0.2, 0.25) is 10.0 Å². The minimum absolute atomic E-state index is 0.526. The maximum Gasteiger partial charge on any atom is 0.181 e. The van der Waals surface area contributed by atoms with Crippen LogP contribution in [-0.4, -0.2) is 5.11 Å². The van der Waals surface area contributed by atoms with E-state index < -0.39 is 0 Å². The van der Waals surface area contributed by atoms with E-state index in [1.54, 1.807) is 12.1 Å². The molecule has 1 aromatic rings. The molecule has 0 atom stereocenters. The van der Waals surface area contributed by atoms with Gasteiger partial charge in [0.15, 0.2) is 5.11 Å². The van der Waals surface area contributed by atoms with Crippen LogP contribution in [-0.2, 0) is 0 Å². The Morgan fingerprint density at radius 3 is 2.69 bits per heavy atom. The normalized spacial score (nSPS) is 14.5. The largest absolute Gasteiger partial charge is 0.331 e. The first-order valence-electron chi connectivity index (χ1n) is 3.40. The quantitative estimate of drug-likeness (QED) is 0.545. The summed E-state index contributed by atoms with van der Waals surface area (Å²) in [5, 5.41) is 4.64. The Hall–Kier alpha value is -0.160. The number of hydrogen-bond acceptors (Lipinski definition) is 2. The van der Waals surface area contributed by atoms with Gasteiger partial charge in [-0.25, -0.2) is 0 Å². The van der Waals surface area contributed by atoms with E-state index in [2.05, 4.69) is 10.0 Å². The second kappa shape index (κ2) is 3.53. The lowest BCUT2D eigenvalue weighted by Crippen LogP contribution is -2.26. The Morgan fingerprint density at radius 2 is 1.92 bits per heavy atom. The van der Waals surface area contributed by atoms with Gasteiger partial charge in [-0.2, -0.15) is 0 Å². The summed E-state index contributed by atoms with van der Waals surface area (Å²) in [5.74, 6) is 0. The molecule has 1 aliphatic heterocycles. The number of nitrogens with one attached hydrogen (secondary N) is 2. The molecule has 0 amide bonds. The van der Waals surface area contributed by atoms with Crippen LogP contribution in [0.1, 0.15) is 0 Å². The third-order valence-corrected chi connectivity index (χ3v) is 3.44. The molecule has 1 aliphatic rings. The van der Waals surface area contributed by atoms with Gasteiger partial charge in [-0.15, -0.1) is 0 Å². The number of fused-ring (bicyclic) bond motifs is 1. The smallest absolute Gasteiger partial charge is 0.181 e. The summed E-state index contributed by atoms with van der Waals surface area (Å²) in [6, 6.07) is 3.56. The predicted octanol–water partition coefficient (Wildman–Crippen LogP) is 3.30. The maximum atomic E-state index is 5.85. The highest BCUT2D eigenvalue weighted by atomic mass is 35.5. The predicted molar refractivity (Wildman–Crippen MR) is 61.7 cm³/mol. The van der Waals surface area contributed by atoms with E-state index >= 15 is 0 Å². The molecule has 1 aromatic carbocycles. The topological polar surface area (TPSA) is 24.1 Å². The highest BCUT2D eigenvalue weighted by Gasteiger charge is 2.14. The molecule has 0 bridgehead atoms. The van der Waals surface area contributed by atoms with Gasteiger partial charge in [0.1, 0.15) is 0 Å². The molecule has 0 saturated heterocycles. The lowest BCUT2D eigenvalue weighted by atomic mass is 10.3. The molecule has 68 valence electrons. The van der Waals surface area contributed by atoms with Crippen molar-refractivity contribution >= 4 is 58.2 Å². The first kappa shape index (κ1) is 9.40. The third-order valence-electron chi connectivity index (χ3n) is 1.52. The number of halogens is 2. The fraction of sp³-hybridized carbons (Fsp3) is 0. The molecule has 2 N–H and O–H groups in total. The Labute approximate surface area is 95.1 Å². The number of hydrogen-bond donors (Lipinski definition) is 2. The van der Waals surface area contributed by atoms with Gasteiger partial charge in [0.2, 0.25) is 0 Å². The van der Waals surface area contributed by atoms with Crippen LogP contribution in [0.5, 0.6) is 0 Å². The molecule has 0 spiro atoms. The molecule has 0 unspecified atom stereocenters. The summed E-state index contributed by atoms with van der Waals surface area (Å²) in [4.78, 5) is 0.989. The summed E-state index contributed by atoms with van der Waals surface area (Å²) >= 11 is 18.1. The fourth-order valence-electron chi connectivity index (χ4n) is 0.960. The van der Waals surface area contributed by atoms with Crippen molar-refractivity contribution < 1.29 is 0 Å². The Balaban J connectivity index is 2.49. The number of rotatable bonds is 0. The van der Waals surface area contributed by atoms with E-state index in [1.165, 1.54) is 11.9 Å². The molecule has 1 heterocycles. The first-order chi connectivity index (χ1) is 6.16. The van der Waals surface area contributed by atoms with Gasteiger partial charge in [0.25, 0.3) is 0 Å². The van der Waals surface area contributed by atoms with Crippen molar-refractivity contribution in [3.8, 4) is 0 Å². The van der Waals surface area contributed by atoms with Gasteiger partial charge in [-0.3, -0.25) is 0 Å². The standard InChI is InChI=1S/C7H4Cl2N2S2/c8-3-1-5-6(2-4(3)9)13-11-7(12)10-5/h1-2H,(H2,10,11,12). The Bertz CT molecular complexity index is 381. The summed E-state index contributed by atoms with van der Waals surface area (Å²) in [6.45, 7) is 0. The first-order valence-corrected chi connectivity index (χ1v) is 5.38. The molecule has 0 saturated carbocycles. The highest BCUT2D eigenvalue weighted by Crippen LogP contribution is 2.35. The lowest BCUT2D eigenvalue weighted by molar-refractivity contribution is 1.36. The minimum atomic E-state index is 0.526. The van der Waals surface area contributed by atoms with Crippen molar-refractivity contribution in [1.82, 2.24) is 4.72 Å². The van der Waals surface area contributed by atoms with E-state index in [0.29, 0.717) is 15.2 Å². The second-order valence-corrected chi connectivity index (χ2v) is 4.49. The van der Waals surface area contributed by atoms with Crippen molar-refractivity contribution in [2.75, 3.05) is 5.32 Å². The van der Waals surface area contributed by atoms with E-state index in [-0.39, 0.29) is 0 Å². The summed E-state index contributed by atoms with van der Waals surface area (Å²) < 4.78 is 2.92. The summed E-state index contributed by atoms with van der Waals surface area (Å²) in [7, 11) is 0. The van der Waals surface area contributed by atoms with Crippen molar-refractivity contribution in [2.24, 2.45) is 0 Å². The lowest BCUT2D eigenvalue weighted by Gasteiger charge is -2.19. The van der Waals surface area contributed by atoms with Crippen LogP contribution < -0.4 is 10.0 Å². The molecular formula is C7H4Cl2N2S2. The maximum absolute atomic E-state index is 5.85. The van der Waals surface area contributed by atoms with Crippen LogP contribution in [0, 0.1) is 0 Å². The van der Waals surface area contributed by atoms with Crippen molar-refractivity contribution in [2.45, 2.75) is 4.90 Å². The van der Waals surface area contributed by atoms with Gasteiger partial charge < -0.3 is 10.0 Å². The second-order valence-electron chi connectivity index (χ2n) is 2.42. The van der Waals surface area contributed by atoms with E-state index in [9.17, 15) is 0 Å². The SMILES string of the molecule is S=C1NSc2cc(Cl)c(Cl)cc2N1. The molecule has 0 aromatic heterocycles. The van der Waals surface area contributed by atoms with E-state index in [1.807, 2.05) is 0 Å². The molecule has 2 rings (SSSR count). The van der Waals surface area contributed by atoms with Crippen molar-refractivity contribution in [3.63, 3.8) is 0 Å². The highest BCUT2D eigenvalue weighted by molar-refractivity contribution is 7.99. The van der Waals surface area contributed by atoms with Gasteiger partial charge in [-0.05, 0) is 36.3 Å². The molecule has 6 heteroatoms. The zero-order valence-corrected chi connectivity index (χ0v) is 9.37. The number of thiocarbonyl (C=S) groups is 1. The summed E-state index contributed by atoms with van der Waals surface area (Å²) in [6.07, 6.45) is 0. The average molecular weight is 251 g/mol. The van der Waals surface area contributed by atoms with Crippen LogP contribution in [0.4, 0.5) is 5.69 Å². The zero-order chi connectivity index (χ0) is 9.42. The molecular weight excluding hydrogens is 247 g/mol. The van der Waals surface area contributed by atoms with Crippen molar-refractivity contribution in [3.05, 3.63) is 22.2 Å².